The van der Waals surface area contributed by atoms with Crippen molar-refractivity contribution in [3.8, 4) is 0 Å². The van der Waals surface area contributed by atoms with Gasteiger partial charge in [-0.1, -0.05) is 6.07 Å². The lowest BCUT2D eigenvalue weighted by Crippen LogP contribution is -2.02. The lowest BCUT2D eigenvalue weighted by molar-refractivity contribution is 0.580. The molecule has 2 aromatic heterocycles. The zero-order chi connectivity index (χ0) is 14.1. The van der Waals surface area contributed by atoms with Crippen molar-refractivity contribution < 1.29 is 8.78 Å². The van der Waals surface area contributed by atoms with Crippen LogP contribution in [-0.2, 0) is 6.54 Å². The van der Waals surface area contributed by atoms with Gasteiger partial charge in [-0.15, -0.1) is 0 Å². The molecule has 0 aliphatic heterocycles. The second kappa shape index (κ2) is 5.20. The zero-order valence-electron chi connectivity index (χ0n) is 10.3. The van der Waals surface area contributed by atoms with E-state index in [1.165, 1.54) is 6.07 Å². The van der Waals surface area contributed by atoms with Crippen LogP contribution in [0.4, 0.5) is 14.5 Å². The molecule has 3 aromatic rings. The predicted octanol–water partition coefficient (Wildman–Crippen LogP) is 3.99. The number of rotatable bonds is 3. The van der Waals surface area contributed by atoms with Crippen LogP contribution in [0.2, 0.25) is 0 Å². The highest BCUT2D eigenvalue weighted by molar-refractivity contribution is 9.10. The highest BCUT2D eigenvalue weighted by Gasteiger charge is 2.09. The Morgan fingerprint density at radius 2 is 2.05 bits per heavy atom. The van der Waals surface area contributed by atoms with Crippen LogP contribution >= 0.6 is 15.9 Å². The molecule has 0 aliphatic carbocycles. The van der Waals surface area contributed by atoms with Crippen molar-refractivity contribution in [2.24, 2.45) is 0 Å². The fourth-order valence-corrected chi connectivity index (χ4v) is 2.32. The van der Waals surface area contributed by atoms with Gasteiger partial charge in [-0.05, 0) is 34.1 Å². The van der Waals surface area contributed by atoms with Crippen molar-refractivity contribution >= 4 is 27.1 Å². The maximum absolute atomic E-state index is 13.6. The topological polar surface area (TPSA) is 29.3 Å². The molecule has 1 aromatic carbocycles. The largest absolute Gasteiger partial charge is 0.378 e. The van der Waals surface area contributed by atoms with E-state index >= 15 is 0 Å². The SMILES string of the molecule is Fc1cc(F)c(NCc2cnn3ccccc23)cc1Br. The number of anilines is 1. The van der Waals surface area contributed by atoms with Gasteiger partial charge in [-0.2, -0.15) is 5.10 Å². The highest BCUT2D eigenvalue weighted by Crippen LogP contribution is 2.24. The lowest BCUT2D eigenvalue weighted by Gasteiger charge is -2.08. The number of fused-ring (bicyclic) bond motifs is 1. The van der Waals surface area contributed by atoms with Gasteiger partial charge in [0.05, 0.1) is 21.9 Å². The van der Waals surface area contributed by atoms with E-state index in [1.54, 1.807) is 10.7 Å². The summed E-state index contributed by atoms with van der Waals surface area (Å²) in [7, 11) is 0. The van der Waals surface area contributed by atoms with E-state index in [2.05, 4.69) is 26.3 Å². The third-order valence-electron chi connectivity index (χ3n) is 2.99. The molecule has 0 saturated carbocycles. The molecule has 0 saturated heterocycles. The molecule has 0 unspecified atom stereocenters. The van der Waals surface area contributed by atoms with Gasteiger partial charge in [0.15, 0.2) is 0 Å². The Hall–Kier alpha value is -1.95. The minimum Gasteiger partial charge on any atom is -0.378 e. The summed E-state index contributed by atoms with van der Waals surface area (Å²) < 4.78 is 28.7. The standard InChI is InChI=1S/C14H10BrF2N3/c15-10-5-13(12(17)6-11(10)16)18-7-9-8-19-20-4-2-1-3-14(9)20/h1-6,8,18H,7H2. The Kier molecular flexibility index (Phi) is 3.40. The van der Waals surface area contributed by atoms with Gasteiger partial charge in [0, 0.05) is 24.4 Å². The van der Waals surface area contributed by atoms with Crippen LogP contribution in [0.3, 0.4) is 0 Å². The molecular weight excluding hydrogens is 328 g/mol. The Morgan fingerprint density at radius 3 is 2.90 bits per heavy atom. The van der Waals surface area contributed by atoms with Crippen LogP contribution in [-0.4, -0.2) is 9.61 Å². The number of aromatic nitrogens is 2. The minimum atomic E-state index is -0.623. The Balaban J connectivity index is 1.85. The van der Waals surface area contributed by atoms with Crippen molar-refractivity contribution in [2.75, 3.05) is 5.32 Å². The number of nitrogens with one attached hydrogen (secondary N) is 1. The molecule has 0 radical (unpaired) electrons. The van der Waals surface area contributed by atoms with Crippen molar-refractivity contribution in [3.63, 3.8) is 0 Å². The summed E-state index contributed by atoms with van der Waals surface area (Å²) in [4.78, 5) is 0. The number of halogens is 3. The number of benzene rings is 1. The molecular formula is C14H10BrF2N3. The maximum Gasteiger partial charge on any atom is 0.149 e. The molecule has 3 nitrogen and oxygen atoms in total. The van der Waals surface area contributed by atoms with Crippen molar-refractivity contribution in [3.05, 3.63) is 64.4 Å². The van der Waals surface area contributed by atoms with Crippen LogP contribution < -0.4 is 5.32 Å². The molecule has 6 heteroatoms. The van der Waals surface area contributed by atoms with E-state index in [9.17, 15) is 8.78 Å². The average Bonchev–Trinajstić information content (AvgIpc) is 2.85. The lowest BCUT2D eigenvalue weighted by atomic mass is 10.2. The second-order valence-electron chi connectivity index (χ2n) is 4.30. The van der Waals surface area contributed by atoms with Gasteiger partial charge in [0.25, 0.3) is 0 Å². The first-order valence-corrected chi connectivity index (χ1v) is 6.74. The summed E-state index contributed by atoms with van der Waals surface area (Å²) in [6, 6.07) is 7.96. The number of hydrogen-bond donors (Lipinski definition) is 1. The number of nitrogens with zero attached hydrogens (tertiary/aromatic N) is 2. The summed E-state index contributed by atoms with van der Waals surface area (Å²) >= 11 is 3.04. The van der Waals surface area contributed by atoms with Gasteiger partial charge in [-0.3, -0.25) is 0 Å². The Bertz CT molecular complexity index is 770. The van der Waals surface area contributed by atoms with E-state index in [4.69, 9.17) is 0 Å². The first kappa shape index (κ1) is 13.1. The monoisotopic (exact) mass is 337 g/mol. The first-order chi connectivity index (χ1) is 9.65. The van der Waals surface area contributed by atoms with Gasteiger partial charge in [-0.25, -0.2) is 13.3 Å². The van der Waals surface area contributed by atoms with E-state index in [0.29, 0.717) is 6.54 Å². The molecule has 3 rings (SSSR count). The third kappa shape index (κ3) is 2.38. The Morgan fingerprint density at radius 1 is 1.20 bits per heavy atom. The van der Waals surface area contributed by atoms with Crippen LogP contribution in [0.5, 0.6) is 0 Å². The van der Waals surface area contributed by atoms with Gasteiger partial charge >= 0.3 is 0 Å². The number of pyridine rings is 1. The van der Waals surface area contributed by atoms with E-state index in [0.717, 1.165) is 17.1 Å². The van der Waals surface area contributed by atoms with Crippen LogP contribution in [0, 0.1) is 11.6 Å². The molecule has 0 fully saturated rings. The summed E-state index contributed by atoms with van der Waals surface area (Å²) in [5.74, 6) is -1.24. The molecule has 102 valence electrons. The smallest absolute Gasteiger partial charge is 0.149 e. The maximum atomic E-state index is 13.6. The summed E-state index contributed by atoms with van der Waals surface area (Å²) in [5.41, 5.74) is 2.13. The van der Waals surface area contributed by atoms with Gasteiger partial charge < -0.3 is 5.32 Å². The zero-order valence-corrected chi connectivity index (χ0v) is 11.9. The summed E-state index contributed by atoms with van der Waals surface area (Å²) in [6.45, 7) is 0.405. The molecule has 20 heavy (non-hydrogen) atoms. The molecule has 0 atom stereocenters. The van der Waals surface area contributed by atoms with Crippen molar-refractivity contribution in [2.45, 2.75) is 6.54 Å². The van der Waals surface area contributed by atoms with E-state index < -0.39 is 11.6 Å². The number of hydrogen-bond acceptors (Lipinski definition) is 2. The van der Waals surface area contributed by atoms with Crippen molar-refractivity contribution in [1.29, 1.82) is 0 Å². The quantitative estimate of drug-likeness (QED) is 0.732. The first-order valence-electron chi connectivity index (χ1n) is 5.95. The molecule has 2 heterocycles. The molecule has 0 aliphatic rings. The van der Waals surface area contributed by atoms with Crippen LogP contribution in [0.15, 0.2) is 47.2 Å². The van der Waals surface area contributed by atoms with Gasteiger partial charge in [0.2, 0.25) is 0 Å². The highest BCUT2D eigenvalue weighted by atomic mass is 79.9. The van der Waals surface area contributed by atoms with E-state index in [1.807, 2.05) is 24.4 Å². The molecule has 0 amide bonds. The third-order valence-corrected chi connectivity index (χ3v) is 3.59. The van der Waals surface area contributed by atoms with E-state index in [-0.39, 0.29) is 10.2 Å². The second-order valence-corrected chi connectivity index (χ2v) is 5.15. The fourth-order valence-electron chi connectivity index (χ4n) is 1.97. The van der Waals surface area contributed by atoms with Crippen LogP contribution in [0.1, 0.15) is 5.56 Å². The Labute approximate surface area is 122 Å². The summed E-state index contributed by atoms with van der Waals surface area (Å²) in [6.07, 6.45) is 3.56. The predicted molar refractivity (Wildman–Crippen MR) is 76.6 cm³/mol. The summed E-state index contributed by atoms with van der Waals surface area (Å²) in [5, 5.41) is 7.15. The fraction of sp³-hybridized carbons (Fsp3) is 0.0714. The molecule has 0 bridgehead atoms. The normalized spacial score (nSPS) is 10.9. The van der Waals surface area contributed by atoms with Crippen molar-refractivity contribution in [1.82, 2.24) is 9.61 Å². The molecule has 1 N–H and O–H groups in total. The molecule has 0 spiro atoms. The van der Waals surface area contributed by atoms with Crippen LogP contribution in [0.25, 0.3) is 5.52 Å². The minimum absolute atomic E-state index is 0.223. The average molecular weight is 338 g/mol. The van der Waals surface area contributed by atoms with Gasteiger partial charge in [0.1, 0.15) is 11.6 Å².